The van der Waals surface area contributed by atoms with E-state index in [1.54, 1.807) is 10.4 Å². The molecule has 0 N–H and O–H groups in total. The average Bonchev–Trinajstić information content (AvgIpc) is 3.02. The maximum atomic E-state index is 13.0. The molecule has 0 spiro atoms. The van der Waals surface area contributed by atoms with Crippen molar-refractivity contribution in [3.8, 4) is 5.75 Å². The molecule has 1 saturated carbocycles. The summed E-state index contributed by atoms with van der Waals surface area (Å²) in [6.07, 6.45) is 3.58. The minimum atomic E-state index is -3.45. The number of benzene rings is 1. The van der Waals surface area contributed by atoms with E-state index >= 15 is 0 Å². The Hall–Kier alpha value is -1.07. The second kappa shape index (κ2) is 5.29. The summed E-state index contributed by atoms with van der Waals surface area (Å²) in [7, 11) is -1.92. The standard InChI is InChI=1S/C16H23NO3S/c1-11-7-15(20-3)16(8-12(11)2)21(18,19)17-9-13-5-4-6-14(13)10-17/h7-8,13-14H,4-6,9-10H2,1-3H3. The zero-order chi connectivity index (χ0) is 15.2. The van der Waals surface area contributed by atoms with E-state index in [0.29, 0.717) is 35.6 Å². The summed E-state index contributed by atoms with van der Waals surface area (Å²) >= 11 is 0. The summed E-state index contributed by atoms with van der Waals surface area (Å²) in [5.41, 5.74) is 2.03. The lowest BCUT2D eigenvalue weighted by Gasteiger charge is -2.20. The molecule has 1 saturated heterocycles. The molecule has 0 aromatic heterocycles. The van der Waals surface area contributed by atoms with Crippen LogP contribution >= 0.6 is 0 Å². The van der Waals surface area contributed by atoms with Gasteiger partial charge in [-0.2, -0.15) is 4.31 Å². The van der Waals surface area contributed by atoms with Crippen LogP contribution in [0.25, 0.3) is 0 Å². The number of aryl methyl sites for hydroxylation is 2. The highest BCUT2D eigenvalue weighted by molar-refractivity contribution is 7.89. The van der Waals surface area contributed by atoms with Gasteiger partial charge in [0.05, 0.1) is 7.11 Å². The molecule has 116 valence electrons. The lowest BCUT2D eigenvalue weighted by atomic mass is 10.0. The Morgan fingerprint density at radius 2 is 1.67 bits per heavy atom. The van der Waals surface area contributed by atoms with Crippen LogP contribution in [0, 0.1) is 25.7 Å². The second-order valence-electron chi connectivity index (χ2n) is 6.36. The van der Waals surface area contributed by atoms with Crippen LogP contribution in [0.1, 0.15) is 30.4 Å². The molecule has 0 amide bonds. The van der Waals surface area contributed by atoms with Gasteiger partial charge >= 0.3 is 0 Å². The highest BCUT2D eigenvalue weighted by Gasteiger charge is 2.42. The van der Waals surface area contributed by atoms with Gasteiger partial charge in [0.25, 0.3) is 0 Å². The lowest BCUT2D eigenvalue weighted by molar-refractivity contribution is 0.395. The van der Waals surface area contributed by atoms with Crippen molar-refractivity contribution in [3.05, 3.63) is 23.3 Å². The maximum absolute atomic E-state index is 13.0. The molecule has 2 fully saturated rings. The molecule has 1 aliphatic heterocycles. The first-order valence-electron chi connectivity index (χ1n) is 7.59. The van der Waals surface area contributed by atoms with Gasteiger partial charge < -0.3 is 4.74 Å². The largest absolute Gasteiger partial charge is 0.495 e. The smallest absolute Gasteiger partial charge is 0.246 e. The summed E-state index contributed by atoms with van der Waals surface area (Å²) < 4.78 is 32.9. The monoisotopic (exact) mass is 309 g/mol. The first kappa shape index (κ1) is 14.9. The third-order valence-corrected chi connectivity index (χ3v) is 6.94. The topological polar surface area (TPSA) is 46.6 Å². The van der Waals surface area contributed by atoms with Crippen LogP contribution < -0.4 is 4.74 Å². The molecule has 3 rings (SSSR count). The summed E-state index contributed by atoms with van der Waals surface area (Å²) in [5.74, 6) is 1.56. The summed E-state index contributed by atoms with van der Waals surface area (Å²) in [4.78, 5) is 0.313. The predicted octanol–water partition coefficient (Wildman–Crippen LogP) is 2.73. The van der Waals surface area contributed by atoms with E-state index in [2.05, 4.69) is 0 Å². The van der Waals surface area contributed by atoms with E-state index in [1.165, 1.54) is 26.4 Å². The second-order valence-corrected chi connectivity index (χ2v) is 8.27. The van der Waals surface area contributed by atoms with Gasteiger partial charge in [-0.3, -0.25) is 0 Å². The van der Waals surface area contributed by atoms with Crippen LogP contribution in [0.5, 0.6) is 5.75 Å². The molecule has 0 bridgehead atoms. The molecule has 5 heteroatoms. The molecule has 2 unspecified atom stereocenters. The van der Waals surface area contributed by atoms with Gasteiger partial charge in [-0.15, -0.1) is 0 Å². The Kier molecular flexibility index (Phi) is 3.74. The fraction of sp³-hybridized carbons (Fsp3) is 0.625. The van der Waals surface area contributed by atoms with Crippen molar-refractivity contribution in [2.45, 2.75) is 38.0 Å². The minimum absolute atomic E-state index is 0.313. The Labute approximate surface area is 127 Å². The van der Waals surface area contributed by atoms with E-state index in [9.17, 15) is 8.42 Å². The van der Waals surface area contributed by atoms with Gasteiger partial charge in [0.1, 0.15) is 10.6 Å². The van der Waals surface area contributed by atoms with Crippen molar-refractivity contribution in [1.82, 2.24) is 4.31 Å². The Morgan fingerprint density at radius 3 is 2.24 bits per heavy atom. The van der Waals surface area contributed by atoms with E-state index in [1.807, 2.05) is 19.9 Å². The van der Waals surface area contributed by atoms with Crippen molar-refractivity contribution in [2.24, 2.45) is 11.8 Å². The average molecular weight is 309 g/mol. The number of nitrogens with zero attached hydrogens (tertiary/aromatic N) is 1. The van der Waals surface area contributed by atoms with E-state index in [-0.39, 0.29) is 0 Å². The number of fused-ring (bicyclic) bond motifs is 1. The Balaban J connectivity index is 1.97. The van der Waals surface area contributed by atoms with Crippen LogP contribution in [0.3, 0.4) is 0 Å². The Bertz CT molecular complexity index is 642. The van der Waals surface area contributed by atoms with Crippen LogP contribution in [0.4, 0.5) is 0 Å². The van der Waals surface area contributed by atoms with Crippen molar-refractivity contribution in [2.75, 3.05) is 20.2 Å². The third kappa shape index (κ3) is 2.46. The maximum Gasteiger partial charge on any atom is 0.246 e. The predicted molar refractivity (Wildman–Crippen MR) is 82.1 cm³/mol. The molecule has 4 nitrogen and oxygen atoms in total. The van der Waals surface area contributed by atoms with Gasteiger partial charge in [0, 0.05) is 13.1 Å². The number of ether oxygens (including phenoxy) is 1. The number of sulfonamides is 1. The van der Waals surface area contributed by atoms with E-state index in [0.717, 1.165) is 11.1 Å². The quantitative estimate of drug-likeness (QED) is 0.862. The summed E-state index contributed by atoms with van der Waals surface area (Å²) in [6, 6.07) is 3.57. The van der Waals surface area contributed by atoms with E-state index in [4.69, 9.17) is 4.74 Å². The molecule has 1 heterocycles. The lowest BCUT2D eigenvalue weighted by Crippen LogP contribution is -2.30. The molecule has 21 heavy (non-hydrogen) atoms. The first-order valence-corrected chi connectivity index (χ1v) is 9.03. The van der Waals surface area contributed by atoms with Crippen molar-refractivity contribution in [3.63, 3.8) is 0 Å². The van der Waals surface area contributed by atoms with Crippen molar-refractivity contribution >= 4 is 10.0 Å². The molecular weight excluding hydrogens is 286 g/mol. The number of hydrogen-bond donors (Lipinski definition) is 0. The number of rotatable bonds is 3. The van der Waals surface area contributed by atoms with Gasteiger partial charge in [-0.25, -0.2) is 8.42 Å². The number of hydrogen-bond acceptors (Lipinski definition) is 3. The normalized spacial score (nSPS) is 26.0. The fourth-order valence-electron chi connectivity index (χ4n) is 3.65. The van der Waals surface area contributed by atoms with Gasteiger partial charge in [0.15, 0.2) is 0 Å². The number of methoxy groups -OCH3 is 1. The van der Waals surface area contributed by atoms with Gasteiger partial charge in [-0.05, 0) is 61.8 Å². The highest BCUT2D eigenvalue weighted by atomic mass is 32.2. The molecular formula is C16H23NO3S. The van der Waals surface area contributed by atoms with Crippen molar-refractivity contribution in [1.29, 1.82) is 0 Å². The van der Waals surface area contributed by atoms with Crippen LogP contribution in [0.15, 0.2) is 17.0 Å². The molecule has 2 atom stereocenters. The SMILES string of the molecule is COc1cc(C)c(C)cc1S(=O)(=O)N1CC2CCCC2C1. The van der Waals surface area contributed by atoms with Gasteiger partial charge in [0.2, 0.25) is 10.0 Å². The summed E-state index contributed by atoms with van der Waals surface area (Å²) in [6.45, 7) is 5.24. The highest BCUT2D eigenvalue weighted by Crippen LogP contribution is 2.41. The zero-order valence-corrected chi connectivity index (χ0v) is 13.7. The van der Waals surface area contributed by atoms with Crippen LogP contribution in [-0.4, -0.2) is 32.9 Å². The molecule has 0 radical (unpaired) electrons. The molecule has 1 aliphatic carbocycles. The molecule has 2 aliphatic rings. The zero-order valence-electron chi connectivity index (χ0n) is 12.9. The van der Waals surface area contributed by atoms with Crippen molar-refractivity contribution < 1.29 is 13.2 Å². The van der Waals surface area contributed by atoms with Gasteiger partial charge in [-0.1, -0.05) is 6.42 Å². The fourth-order valence-corrected chi connectivity index (χ4v) is 5.43. The minimum Gasteiger partial charge on any atom is -0.495 e. The third-order valence-electron chi connectivity index (χ3n) is 5.09. The first-order chi connectivity index (χ1) is 9.93. The molecule has 1 aromatic carbocycles. The van der Waals surface area contributed by atoms with E-state index < -0.39 is 10.0 Å². The van der Waals surface area contributed by atoms with Crippen LogP contribution in [-0.2, 0) is 10.0 Å². The van der Waals surface area contributed by atoms with Crippen LogP contribution in [0.2, 0.25) is 0 Å². The molecule has 1 aromatic rings. The summed E-state index contributed by atoms with van der Waals surface area (Å²) in [5, 5.41) is 0. The Morgan fingerprint density at radius 1 is 1.10 bits per heavy atom.